The van der Waals surface area contributed by atoms with Crippen LogP contribution in [-0.4, -0.2) is 30.5 Å². The number of carboxylic acid groups (broad SMARTS) is 1. The molecule has 1 atom stereocenters. The van der Waals surface area contributed by atoms with Crippen molar-refractivity contribution >= 4 is 5.97 Å². The number of rotatable bonds is 8. The summed E-state index contributed by atoms with van der Waals surface area (Å²) in [6, 6.07) is 3.55. The molecule has 6 nitrogen and oxygen atoms in total. The van der Waals surface area contributed by atoms with E-state index >= 15 is 0 Å². The van der Waals surface area contributed by atoms with E-state index < -0.39 is 12.1 Å². The van der Waals surface area contributed by atoms with Gasteiger partial charge in [0.1, 0.15) is 5.75 Å². The first kappa shape index (κ1) is 15.4. The average molecular weight is 295 g/mol. The minimum Gasteiger partial charge on any atom is -0.479 e. The van der Waals surface area contributed by atoms with Crippen molar-refractivity contribution in [1.29, 1.82) is 0 Å². The minimum absolute atomic E-state index is 0.177. The van der Waals surface area contributed by atoms with Gasteiger partial charge < -0.3 is 24.6 Å². The Kier molecular flexibility index (Phi) is 5.27. The highest BCUT2D eigenvalue weighted by Gasteiger charge is 2.22. The van der Waals surface area contributed by atoms with Crippen molar-refractivity contribution in [3.05, 3.63) is 17.7 Å². The number of ether oxygens (including phenoxy) is 3. The zero-order chi connectivity index (χ0) is 15.2. The molecular formula is C15H21NO5. The van der Waals surface area contributed by atoms with Gasteiger partial charge in [0.15, 0.2) is 17.6 Å². The van der Waals surface area contributed by atoms with Gasteiger partial charge in [-0.25, -0.2) is 4.79 Å². The predicted octanol–water partition coefficient (Wildman–Crippen LogP) is 2.16. The van der Waals surface area contributed by atoms with Crippen LogP contribution in [0.1, 0.15) is 32.3 Å². The van der Waals surface area contributed by atoms with Gasteiger partial charge in [-0.1, -0.05) is 13.8 Å². The van der Waals surface area contributed by atoms with Crippen LogP contribution < -0.4 is 19.5 Å². The molecule has 0 bridgehead atoms. The number of carboxylic acids is 1. The van der Waals surface area contributed by atoms with E-state index in [9.17, 15) is 4.79 Å². The monoisotopic (exact) mass is 295 g/mol. The summed E-state index contributed by atoms with van der Waals surface area (Å²) in [4.78, 5) is 11.1. The van der Waals surface area contributed by atoms with Gasteiger partial charge in [-0.05, 0) is 25.5 Å². The molecule has 6 heteroatoms. The van der Waals surface area contributed by atoms with Crippen molar-refractivity contribution in [1.82, 2.24) is 5.32 Å². The molecule has 2 rings (SSSR count). The summed E-state index contributed by atoms with van der Waals surface area (Å²) in [5.74, 6) is 0.809. The quantitative estimate of drug-likeness (QED) is 0.716. The molecule has 0 aromatic heterocycles. The zero-order valence-corrected chi connectivity index (χ0v) is 12.3. The maximum atomic E-state index is 11.1. The molecule has 0 aliphatic carbocycles. The maximum absolute atomic E-state index is 11.1. The van der Waals surface area contributed by atoms with Crippen LogP contribution in [0, 0.1) is 0 Å². The van der Waals surface area contributed by atoms with Crippen LogP contribution in [-0.2, 0) is 11.3 Å². The van der Waals surface area contributed by atoms with Crippen LogP contribution >= 0.6 is 0 Å². The first-order valence-electron chi connectivity index (χ1n) is 7.18. The van der Waals surface area contributed by atoms with E-state index in [2.05, 4.69) is 12.2 Å². The predicted molar refractivity (Wildman–Crippen MR) is 76.9 cm³/mol. The Bertz CT molecular complexity index is 503. The molecule has 1 aromatic rings. The van der Waals surface area contributed by atoms with Crippen molar-refractivity contribution in [3.8, 4) is 17.2 Å². The number of aliphatic carboxylic acids is 1. The van der Waals surface area contributed by atoms with Gasteiger partial charge >= 0.3 is 5.97 Å². The summed E-state index contributed by atoms with van der Waals surface area (Å²) in [5.41, 5.74) is 0.868. The van der Waals surface area contributed by atoms with E-state index in [-0.39, 0.29) is 6.79 Å². The van der Waals surface area contributed by atoms with Gasteiger partial charge in [0, 0.05) is 18.2 Å². The van der Waals surface area contributed by atoms with Gasteiger partial charge in [-0.15, -0.1) is 0 Å². The molecule has 1 aromatic carbocycles. The van der Waals surface area contributed by atoms with Gasteiger partial charge in [0.2, 0.25) is 6.79 Å². The van der Waals surface area contributed by atoms with Crippen LogP contribution in [0.2, 0.25) is 0 Å². The lowest BCUT2D eigenvalue weighted by Crippen LogP contribution is -2.26. The SMILES string of the molecule is CCCNCc1cc2c(cc1OC(CC)C(=O)O)OCO2. The molecule has 0 spiro atoms. The van der Waals surface area contributed by atoms with Crippen LogP contribution in [0.4, 0.5) is 0 Å². The maximum Gasteiger partial charge on any atom is 0.344 e. The lowest BCUT2D eigenvalue weighted by Gasteiger charge is -2.17. The van der Waals surface area contributed by atoms with Crippen LogP contribution in [0.5, 0.6) is 17.2 Å². The fourth-order valence-corrected chi connectivity index (χ4v) is 2.07. The van der Waals surface area contributed by atoms with Crippen molar-refractivity contribution in [2.24, 2.45) is 0 Å². The Balaban J connectivity index is 2.21. The second kappa shape index (κ2) is 7.17. The van der Waals surface area contributed by atoms with Crippen LogP contribution in [0.3, 0.4) is 0 Å². The number of hydrogen-bond acceptors (Lipinski definition) is 5. The molecule has 1 unspecified atom stereocenters. The second-order valence-corrected chi connectivity index (χ2v) is 4.84. The Labute approximate surface area is 124 Å². The van der Waals surface area contributed by atoms with Crippen molar-refractivity contribution < 1.29 is 24.1 Å². The molecule has 1 heterocycles. The first-order valence-corrected chi connectivity index (χ1v) is 7.18. The van der Waals surface area contributed by atoms with E-state index in [1.807, 2.05) is 6.07 Å². The highest BCUT2D eigenvalue weighted by Crippen LogP contribution is 2.38. The summed E-state index contributed by atoms with van der Waals surface area (Å²) in [6.07, 6.45) is 0.550. The first-order chi connectivity index (χ1) is 10.2. The lowest BCUT2D eigenvalue weighted by atomic mass is 10.1. The third-order valence-corrected chi connectivity index (χ3v) is 3.21. The molecule has 0 fully saturated rings. The molecule has 1 aliphatic heterocycles. The lowest BCUT2D eigenvalue weighted by molar-refractivity contribution is -0.145. The van der Waals surface area contributed by atoms with Gasteiger partial charge in [0.05, 0.1) is 0 Å². The molecule has 0 radical (unpaired) electrons. The third kappa shape index (κ3) is 3.78. The molecule has 21 heavy (non-hydrogen) atoms. The largest absolute Gasteiger partial charge is 0.479 e. The van der Waals surface area contributed by atoms with Crippen molar-refractivity contribution in [2.75, 3.05) is 13.3 Å². The van der Waals surface area contributed by atoms with E-state index in [1.54, 1.807) is 13.0 Å². The molecular weight excluding hydrogens is 274 g/mol. The van der Waals surface area contributed by atoms with E-state index in [1.165, 1.54) is 0 Å². The second-order valence-electron chi connectivity index (χ2n) is 4.84. The molecule has 1 aliphatic rings. The molecule has 116 valence electrons. The molecule has 2 N–H and O–H groups in total. The highest BCUT2D eigenvalue weighted by atomic mass is 16.7. The van der Waals surface area contributed by atoms with E-state index in [4.69, 9.17) is 19.3 Å². The number of benzene rings is 1. The Morgan fingerprint density at radius 1 is 1.38 bits per heavy atom. The average Bonchev–Trinajstić information content (AvgIpc) is 2.91. The summed E-state index contributed by atoms with van der Waals surface area (Å²) < 4.78 is 16.3. The molecule has 0 saturated carbocycles. The fourth-order valence-electron chi connectivity index (χ4n) is 2.07. The van der Waals surface area contributed by atoms with E-state index in [0.717, 1.165) is 18.5 Å². The Morgan fingerprint density at radius 3 is 2.71 bits per heavy atom. The number of hydrogen-bond donors (Lipinski definition) is 2. The van der Waals surface area contributed by atoms with Gasteiger partial charge in [-0.2, -0.15) is 0 Å². The van der Waals surface area contributed by atoms with Crippen LogP contribution in [0.25, 0.3) is 0 Å². The summed E-state index contributed by atoms with van der Waals surface area (Å²) in [7, 11) is 0. The Hall–Kier alpha value is -1.95. The fraction of sp³-hybridized carbons (Fsp3) is 0.533. The normalized spacial score (nSPS) is 14.0. The van der Waals surface area contributed by atoms with Gasteiger partial charge in [-0.3, -0.25) is 0 Å². The highest BCUT2D eigenvalue weighted by molar-refractivity contribution is 5.72. The summed E-state index contributed by atoms with van der Waals surface area (Å²) in [5, 5.41) is 12.4. The standard InChI is InChI=1S/C15H21NO5/c1-3-5-16-8-10-6-13-14(20-9-19-13)7-12(10)21-11(4-2)15(17)18/h6-7,11,16H,3-5,8-9H2,1-2H3,(H,17,18). The Morgan fingerprint density at radius 2 is 2.10 bits per heavy atom. The minimum atomic E-state index is -0.970. The smallest absolute Gasteiger partial charge is 0.344 e. The van der Waals surface area contributed by atoms with Crippen molar-refractivity contribution in [3.63, 3.8) is 0 Å². The summed E-state index contributed by atoms with van der Waals surface area (Å²) in [6.45, 7) is 5.51. The van der Waals surface area contributed by atoms with Gasteiger partial charge in [0.25, 0.3) is 0 Å². The van der Waals surface area contributed by atoms with E-state index in [0.29, 0.717) is 30.2 Å². The topological polar surface area (TPSA) is 77.0 Å². The molecule has 0 saturated heterocycles. The number of nitrogens with one attached hydrogen (secondary N) is 1. The third-order valence-electron chi connectivity index (χ3n) is 3.21. The molecule has 0 amide bonds. The number of carbonyl (C=O) groups is 1. The number of fused-ring (bicyclic) bond motifs is 1. The zero-order valence-electron chi connectivity index (χ0n) is 12.3. The summed E-state index contributed by atoms with van der Waals surface area (Å²) >= 11 is 0. The van der Waals surface area contributed by atoms with Crippen LogP contribution in [0.15, 0.2) is 12.1 Å². The van der Waals surface area contributed by atoms with Crippen molar-refractivity contribution in [2.45, 2.75) is 39.3 Å².